The molecule has 0 aliphatic rings. The second-order valence-electron chi connectivity index (χ2n) is 3.28. The Bertz CT molecular complexity index is 381. The van der Waals surface area contributed by atoms with Gasteiger partial charge in [-0.05, 0) is 38.0 Å². The van der Waals surface area contributed by atoms with Crippen LogP contribution in [0.4, 0.5) is 0 Å². The minimum absolute atomic E-state index is 0.0146. The molecule has 1 aromatic carbocycles. The second kappa shape index (κ2) is 3.70. The van der Waals surface area contributed by atoms with Crippen molar-refractivity contribution in [2.75, 3.05) is 7.11 Å². The van der Waals surface area contributed by atoms with E-state index in [1.54, 1.807) is 0 Å². The van der Waals surface area contributed by atoms with Crippen LogP contribution in [0.5, 0.6) is 11.5 Å². The summed E-state index contributed by atoms with van der Waals surface area (Å²) in [7, 11) is 1.49. The number of hydrogen-bond acceptors (Lipinski definition) is 3. The highest BCUT2D eigenvalue weighted by molar-refractivity contribution is 5.96. The molecule has 0 fully saturated rings. The first-order valence-corrected chi connectivity index (χ1v) is 4.37. The number of benzene rings is 1. The van der Waals surface area contributed by atoms with E-state index < -0.39 is 0 Å². The van der Waals surface area contributed by atoms with Crippen molar-refractivity contribution in [3.8, 4) is 11.5 Å². The van der Waals surface area contributed by atoms with E-state index in [0.717, 1.165) is 11.1 Å². The Labute approximate surface area is 83.3 Å². The van der Waals surface area contributed by atoms with E-state index in [4.69, 9.17) is 4.74 Å². The van der Waals surface area contributed by atoms with E-state index in [2.05, 4.69) is 0 Å². The molecule has 0 heterocycles. The topological polar surface area (TPSA) is 46.5 Å². The van der Waals surface area contributed by atoms with Crippen LogP contribution in [0.1, 0.15) is 28.4 Å². The van der Waals surface area contributed by atoms with Crippen LogP contribution >= 0.6 is 0 Å². The SMILES string of the molecule is COc1c(O)cc(C(C)=O)c(C)c1C. The molecule has 0 saturated heterocycles. The average molecular weight is 194 g/mol. The van der Waals surface area contributed by atoms with E-state index in [1.165, 1.54) is 20.1 Å². The monoisotopic (exact) mass is 194 g/mol. The molecule has 0 amide bonds. The molecule has 0 aliphatic carbocycles. The molecule has 0 unspecified atom stereocenters. The highest BCUT2D eigenvalue weighted by Crippen LogP contribution is 2.34. The average Bonchev–Trinajstić information content (AvgIpc) is 2.12. The van der Waals surface area contributed by atoms with Crippen molar-refractivity contribution >= 4 is 5.78 Å². The summed E-state index contributed by atoms with van der Waals surface area (Å²) in [5.41, 5.74) is 2.20. The Morgan fingerprint density at radius 2 is 1.93 bits per heavy atom. The quantitative estimate of drug-likeness (QED) is 0.734. The van der Waals surface area contributed by atoms with Gasteiger partial charge in [-0.2, -0.15) is 0 Å². The molecular weight excluding hydrogens is 180 g/mol. The normalized spacial score (nSPS) is 10.0. The zero-order valence-electron chi connectivity index (χ0n) is 8.84. The van der Waals surface area contributed by atoms with Crippen molar-refractivity contribution in [3.63, 3.8) is 0 Å². The first kappa shape index (κ1) is 10.6. The molecule has 1 aromatic rings. The van der Waals surface area contributed by atoms with Crippen LogP contribution in [0.25, 0.3) is 0 Å². The molecule has 3 heteroatoms. The van der Waals surface area contributed by atoms with Crippen LogP contribution < -0.4 is 4.74 Å². The predicted octanol–water partition coefficient (Wildman–Crippen LogP) is 2.22. The number of ether oxygens (including phenoxy) is 1. The summed E-state index contributed by atoms with van der Waals surface area (Å²) < 4.78 is 5.03. The zero-order chi connectivity index (χ0) is 10.9. The van der Waals surface area contributed by atoms with Crippen molar-refractivity contribution in [2.45, 2.75) is 20.8 Å². The van der Waals surface area contributed by atoms with E-state index >= 15 is 0 Å². The minimum Gasteiger partial charge on any atom is -0.504 e. The Kier molecular flexibility index (Phi) is 2.79. The number of aromatic hydroxyl groups is 1. The van der Waals surface area contributed by atoms with Crippen LogP contribution in [0.2, 0.25) is 0 Å². The van der Waals surface area contributed by atoms with E-state index in [9.17, 15) is 9.90 Å². The summed E-state index contributed by atoms with van der Waals surface area (Å²) in [6.45, 7) is 5.14. The highest BCUT2D eigenvalue weighted by Gasteiger charge is 2.14. The van der Waals surface area contributed by atoms with Crippen LogP contribution in [-0.4, -0.2) is 18.0 Å². The fourth-order valence-corrected chi connectivity index (χ4v) is 1.50. The van der Waals surface area contributed by atoms with Gasteiger partial charge in [-0.1, -0.05) is 0 Å². The summed E-state index contributed by atoms with van der Waals surface area (Å²) in [5.74, 6) is 0.400. The van der Waals surface area contributed by atoms with E-state index in [-0.39, 0.29) is 11.5 Å². The summed E-state index contributed by atoms with van der Waals surface area (Å²) in [6, 6.07) is 1.45. The number of phenolic OH excluding ortho intramolecular Hbond substituents is 1. The molecular formula is C11H14O3. The maximum Gasteiger partial charge on any atom is 0.163 e. The molecule has 0 bridgehead atoms. The molecule has 0 radical (unpaired) electrons. The third-order valence-corrected chi connectivity index (χ3v) is 2.40. The van der Waals surface area contributed by atoms with Gasteiger partial charge in [0.25, 0.3) is 0 Å². The molecule has 3 nitrogen and oxygen atoms in total. The number of rotatable bonds is 2. The third kappa shape index (κ3) is 1.58. The Balaban J connectivity index is 3.47. The van der Waals surface area contributed by atoms with Crippen LogP contribution in [0, 0.1) is 13.8 Å². The summed E-state index contributed by atoms with van der Waals surface area (Å²) in [4.78, 5) is 11.2. The second-order valence-corrected chi connectivity index (χ2v) is 3.28. The molecule has 1 rings (SSSR count). The Morgan fingerprint density at radius 1 is 1.36 bits per heavy atom. The highest BCUT2D eigenvalue weighted by atomic mass is 16.5. The molecule has 1 N–H and O–H groups in total. The number of carbonyl (C=O) groups is 1. The van der Waals surface area contributed by atoms with Gasteiger partial charge >= 0.3 is 0 Å². The number of carbonyl (C=O) groups excluding carboxylic acids is 1. The molecule has 0 spiro atoms. The van der Waals surface area contributed by atoms with Crippen molar-refractivity contribution < 1.29 is 14.6 Å². The fraction of sp³-hybridized carbons (Fsp3) is 0.364. The van der Waals surface area contributed by atoms with Crippen LogP contribution in [0.15, 0.2) is 6.07 Å². The predicted molar refractivity (Wildman–Crippen MR) is 54.1 cm³/mol. The molecule has 0 aliphatic heterocycles. The molecule has 0 aromatic heterocycles. The minimum atomic E-state index is -0.0523. The zero-order valence-corrected chi connectivity index (χ0v) is 8.84. The number of methoxy groups -OCH3 is 1. The van der Waals surface area contributed by atoms with Crippen molar-refractivity contribution in [1.29, 1.82) is 0 Å². The maximum atomic E-state index is 11.2. The Hall–Kier alpha value is -1.51. The lowest BCUT2D eigenvalue weighted by Gasteiger charge is -2.12. The van der Waals surface area contributed by atoms with Crippen molar-refractivity contribution in [3.05, 3.63) is 22.8 Å². The smallest absolute Gasteiger partial charge is 0.163 e. The molecule has 0 atom stereocenters. The van der Waals surface area contributed by atoms with Gasteiger partial charge < -0.3 is 9.84 Å². The first-order chi connectivity index (χ1) is 6.49. The summed E-state index contributed by atoms with van der Waals surface area (Å²) >= 11 is 0. The third-order valence-electron chi connectivity index (χ3n) is 2.40. The number of ketones is 1. The fourth-order valence-electron chi connectivity index (χ4n) is 1.50. The number of phenols is 1. The van der Waals surface area contributed by atoms with Crippen molar-refractivity contribution in [1.82, 2.24) is 0 Å². The molecule has 76 valence electrons. The summed E-state index contributed by atoms with van der Waals surface area (Å²) in [5, 5.41) is 9.57. The molecule has 14 heavy (non-hydrogen) atoms. The van der Waals surface area contributed by atoms with Gasteiger partial charge in [0.1, 0.15) is 0 Å². The largest absolute Gasteiger partial charge is 0.504 e. The van der Waals surface area contributed by atoms with E-state index in [0.29, 0.717) is 11.3 Å². The number of hydrogen-bond donors (Lipinski definition) is 1. The van der Waals surface area contributed by atoms with E-state index in [1.807, 2.05) is 13.8 Å². The lowest BCUT2D eigenvalue weighted by Crippen LogP contribution is -2.00. The van der Waals surface area contributed by atoms with Crippen LogP contribution in [-0.2, 0) is 0 Å². The molecule has 0 saturated carbocycles. The number of Topliss-reactive ketones (excluding diaryl/α,β-unsaturated/α-hetero) is 1. The van der Waals surface area contributed by atoms with Gasteiger partial charge in [-0.25, -0.2) is 0 Å². The van der Waals surface area contributed by atoms with Gasteiger partial charge in [0.05, 0.1) is 7.11 Å². The van der Waals surface area contributed by atoms with Gasteiger partial charge in [0, 0.05) is 5.56 Å². The lowest BCUT2D eigenvalue weighted by molar-refractivity contribution is 0.101. The summed E-state index contributed by atoms with van der Waals surface area (Å²) in [6.07, 6.45) is 0. The Morgan fingerprint density at radius 3 is 2.36 bits per heavy atom. The van der Waals surface area contributed by atoms with Gasteiger partial charge in [0.2, 0.25) is 0 Å². The van der Waals surface area contributed by atoms with Crippen LogP contribution in [0.3, 0.4) is 0 Å². The lowest BCUT2D eigenvalue weighted by atomic mass is 9.99. The van der Waals surface area contributed by atoms with Gasteiger partial charge in [-0.3, -0.25) is 4.79 Å². The van der Waals surface area contributed by atoms with Crippen molar-refractivity contribution in [2.24, 2.45) is 0 Å². The van der Waals surface area contributed by atoms with Gasteiger partial charge in [0.15, 0.2) is 17.3 Å². The van der Waals surface area contributed by atoms with Gasteiger partial charge in [-0.15, -0.1) is 0 Å². The maximum absolute atomic E-state index is 11.2. The first-order valence-electron chi connectivity index (χ1n) is 4.37. The standard InChI is InChI=1S/C11H14O3/c1-6-7(2)11(14-4)10(13)5-9(6)8(3)12/h5,13H,1-4H3.